The summed E-state index contributed by atoms with van der Waals surface area (Å²) in [6.45, 7) is 7.36. The van der Waals surface area contributed by atoms with Gasteiger partial charge in [-0.3, -0.25) is 4.79 Å². The van der Waals surface area contributed by atoms with Gasteiger partial charge in [0.15, 0.2) is 0 Å². The highest BCUT2D eigenvalue weighted by Crippen LogP contribution is 2.24. The number of aryl methyl sites for hydroxylation is 4. The molecule has 1 amide bonds. The molecule has 3 N–H and O–H groups in total. The number of aromatic nitrogens is 1. The Kier molecular flexibility index (Phi) is 7.83. The minimum absolute atomic E-state index is 0.311. The Hall–Kier alpha value is -2.93. The van der Waals surface area contributed by atoms with E-state index in [-0.39, 0.29) is 5.91 Å². The zero-order valence-electron chi connectivity index (χ0n) is 20.3. The van der Waals surface area contributed by atoms with Crippen LogP contribution in [0.5, 0.6) is 0 Å². The number of carboxylic acids is 1. The molecule has 1 aromatic carbocycles. The standard InChI is InChI=1S/C27H36N4O3/c1-18-5-3-6-19(2)24(18)26(32)30-23(27(33)34)13-16-31-15-12-20(17-31)8-10-22-11-9-21-7-4-14-28-25(21)29-22/h3,5-6,9,11,20,23H,4,7-8,10,12-17H2,1-2H3,(H,28,29)(H,30,32)(H,33,34)/t20-,23+/m0/s1. The fraction of sp³-hybridized carbons (Fsp3) is 0.519. The van der Waals surface area contributed by atoms with E-state index in [1.54, 1.807) is 0 Å². The van der Waals surface area contributed by atoms with Crippen LogP contribution in [-0.4, -0.2) is 59.1 Å². The number of carbonyl (C=O) groups is 2. The summed E-state index contributed by atoms with van der Waals surface area (Å²) in [5, 5.41) is 15.8. The average Bonchev–Trinajstić information content (AvgIpc) is 3.28. The van der Waals surface area contributed by atoms with Gasteiger partial charge in [0.05, 0.1) is 0 Å². The number of anilines is 1. The third-order valence-corrected chi connectivity index (χ3v) is 7.18. The highest BCUT2D eigenvalue weighted by molar-refractivity contribution is 5.99. The van der Waals surface area contributed by atoms with Crippen molar-refractivity contribution in [2.45, 2.75) is 58.4 Å². The van der Waals surface area contributed by atoms with E-state index in [0.717, 1.165) is 68.0 Å². The summed E-state index contributed by atoms with van der Waals surface area (Å²) in [4.78, 5) is 31.7. The van der Waals surface area contributed by atoms with E-state index >= 15 is 0 Å². The van der Waals surface area contributed by atoms with Crippen LogP contribution in [-0.2, 0) is 17.6 Å². The molecule has 2 atom stereocenters. The second-order valence-corrected chi connectivity index (χ2v) is 9.75. The number of hydrogen-bond donors (Lipinski definition) is 3. The fourth-order valence-corrected chi connectivity index (χ4v) is 5.18. The van der Waals surface area contributed by atoms with Crippen LogP contribution in [0.15, 0.2) is 30.3 Å². The summed E-state index contributed by atoms with van der Waals surface area (Å²) in [6, 6.07) is 9.13. The van der Waals surface area contributed by atoms with Gasteiger partial charge in [0, 0.05) is 30.9 Å². The van der Waals surface area contributed by atoms with Gasteiger partial charge < -0.3 is 20.6 Å². The number of amides is 1. The van der Waals surface area contributed by atoms with Gasteiger partial charge in [-0.15, -0.1) is 0 Å². The number of rotatable bonds is 9. The number of hydrogen-bond acceptors (Lipinski definition) is 5. The van der Waals surface area contributed by atoms with Crippen LogP contribution in [0.3, 0.4) is 0 Å². The molecule has 0 radical (unpaired) electrons. The number of nitrogens with zero attached hydrogens (tertiary/aromatic N) is 2. The van der Waals surface area contributed by atoms with Gasteiger partial charge in [-0.2, -0.15) is 0 Å². The quantitative estimate of drug-likeness (QED) is 0.525. The van der Waals surface area contributed by atoms with Crippen molar-refractivity contribution in [2.75, 3.05) is 31.5 Å². The average molecular weight is 465 g/mol. The maximum Gasteiger partial charge on any atom is 0.326 e. The zero-order valence-corrected chi connectivity index (χ0v) is 20.3. The Bertz CT molecular complexity index is 1020. The number of likely N-dealkylation sites (tertiary alicyclic amines) is 1. The molecule has 0 aliphatic carbocycles. The lowest BCUT2D eigenvalue weighted by atomic mass is 10.00. The van der Waals surface area contributed by atoms with Gasteiger partial charge in [-0.05, 0) is 87.6 Å². The normalized spacial score (nSPS) is 18.7. The lowest BCUT2D eigenvalue weighted by Crippen LogP contribution is -2.43. The summed E-state index contributed by atoms with van der Waals surface area (Å²) in [6.07, 6.45) is 5.86. The van der Waals surface area contributed by atoms with Gasteiger partial charge in [-0.1, -0.05) is 24.3 Å². The largest absolute Gasteiger partial charge is 0.480 e. The van der Waals surface area contributed by atoms with Crippen LogP contribution in [0.2, 0.25) is 0 Å². The topological polar surface area (TPSA) is 94.6 Å². The molecular weight excluding hydrogens is 428 g/mol. The monoisotopic (exact) mass is 464 g/mol. The van der Waals surface area contributed by atoms with Crippen molar-refractivity contribution in [1.82, 2.24) is 15.2 Å². The number of carbonyl (C=O) groups excluding carboxylic acids is 1. The molecule has 1 saturated heterocycles. The van der Waals surface area contributed by atoms with Crippen molar-refractivity contribution >= 4 is 17.7 Å². The molecule has 34 heavy (non-hydrogen) atoms. The Morgan fingerprint density at radius 3 is 2.79 bits per heavy atom. The molecule has 7 heteroatoms. The SMILES string of the molecule is Cc1cccc(C)c1C(=O)N[C@H](CCN1CC[C@H](CCc2ccc3c(n2)NCCC3)C1)C(=O)O. The molecule has 4 rings (SSSR count). The first kappa shape index (κ1) is 24.2. The first-order valence-corrected chi connectivity index (χ1v) is 12.5. The lowest BCUT2D eigenvalue weighted by molar-refractivity contribution is -0.139. The van der Waals surface area contributed by atoms with Gasteiger partial charge in [0.1, 0.15) is 11.9 Å². The Balaban J connectivity index is 1.24. The van der Waals surface area contributed by atoms with E-state index in [9.17, 15) is 14.7 Å². The number of benzene rings is 1. The number of carboxylic acid groups (broad SMARTS) is 1. The Morgan fingerprint density at radius 1 is 1.24 bits per heavy atom. The van der Waals surface area contributed by atoms with Crippen LogP contribution >= 0.6 is 0 Å². The van der Waals surface area contributed by atoms with E-state index in [0.29, 0.717) is 24.4 Å². The number of aliphatic carboxylic acids is 1. The van der Waals surface area contributed by atoms with Crippen LogP contribution in [0.4, 0.5) is 5.82 Å². The molecule has 1 aromatic heterocycles. The van der Waals surface area contributed by atoms with E-state index in [1.165, 1.54) is 12.0 Å². The summed E-state index contributed by atoms with van der Waals surface area (Å²) in [7, 11) is 0. The van der Waals surface area contributed by atoms with E-state index in [1.807, 2.05) is 32.0 Å². The summed E-state index contributed by atoms with van der Waals surface area (Å²) in [5.74, 6) is 0.356. The lowest BCUT2D eigenvalue weighted by Gasteiger charge is -2.21. The second-order valence-electron chi connectivity index (χ2n) is 9.75. The third-order valence-electron chi connectivity index (χ3n) is 7.18. The highest BCUT2D eigenvalue weighted by Gasteiger charge is 2.26. The predicted molar refractivity (Wildman–Crippen MR) is 133 cm³/mol. The van der Waals surface area contributed by atoms with E-state index in [4.69, 9.17) is 4.98 Å². The molecular formula is C27H36N4O3. The second kappa shape index (κ2) is 11.0. The van der Waals surface area contributed by atoms with Crippen molar-refractivity contribution in [3.63, 3.8) is 0 Å². The molecule has 1 fully saturated rings. The van der Waals surface area contributed by atoms with Crippen LogP contribution in [0, 0.1) is 19.8 Å². The highest BCUT2D eigenvalue weighted by atomic mass is 16.4. The first-order chi connectivity index (χ1) is 16.4. The van der Waals surface area contributed by atoms with Crippen LogP contribution in [0.1, 0.15) is 58.4 Å². The predicted octanol–water partition coefficient (Wildman–Crippen LogP) is 3.58. The molecule has 7 nitrogen and oxygen atoms in total. The molecule has 182 valence electrons. The molecule has 2 aliphatic heterocycles. The molecule has 3 heterocycles. The maximum atomic E-state index is 12.8. The molecule has 0 bridgehead atoms. The van der Waals surface area contributed by atoms with Crippen LogP contribution in [0.25, 0.3) is 0 Å². The molecule has 0 saturated carbocycles. The Labute approximate surface area is 202 Å². The summed E-state index contributed by atoms with van der Waals surface area (Å²) < 4.78 is 0. The molecule has 2 aliphatic rings. The van der Waals surface area contributed by atoms with Crippen molar-refractivity contribution in [2.24, 2.45) is 5.92 Å². The van der Waals surface area contributed by atoms with E-state index < -0.39 is 12.0 Å². The number of nitrogens with one attached hydrogen (secondary N) is 2. The minimum Gasteiger partial charge on any atom is -0.480 e. The van der Waals surface area contributed by atoms with Crippen molar-refractivity contribution in [1.29, 1.82) is 0 Å². The summed E-state index contributed by atoms with van der Waals surface area (Å²) in [5.41, 5.74) is 4.74. The van der Waals surface area contributed by atoms with E-state index in [2.05, 4.69) is 27.7 Å². The minimum atomic E-state index is -0.984. The van der Waals surface area contributed by atoms with Crippen LogP contribution < -0.4 is 10.6 Å². The van der Waals surface area contributed by atoms with Gasteiger partial charge in [-0.25, -0.2) is 9.78 Å². The van der Waals surface area contributed by atoms with Gasteiger partial charge in [0.2, 0.25) is 0 Å². The number of pyridine rings is 1. The summed E-state index contributed by atoms with van der Waals surface area (Å²) >= 11 is 0. The smallest absolute Gasteiger partial charge is 0.326 e. The zero-order chi connectivity index (χ0) is 24.1. The molecule has 2 aromatic rings. The fourth-order valence-electron chi connectivity index (χ4n) is 5.18. The van der Waals surface area contributed by atoms with Crippen molar-refractivity contribution < 1.29 is 14.7 Å². The van der Waals surface area contributed by atoms with Crippen molar-refractivity contribution in [3.8, 4) is 0 Å². The maximum absolute atomic E-state index is 12.8. The van der Waals surface area contributed by atoms with Gasteiger partial charge >= 0.3 is 5.97 Å². The molecule has 0 unspecified atom stereocenters. The molecule has 0 spiro atoms. The van der Waals surface area contributed by atoms with Crippen molar-refractivity contribution in [3.05, 3.63) is 58.3 Å². The third kappa shape index (κ3) is 5.95. The first-order valence-electron chi connectivity index (χ1n) is 12.5. The number of fused-ring (bicyclic) bond motifs is 1. The Morgan fingerprint density at radius 2 is 2.03 bits per heavy atom. The van der Waals surface area contributed by atoms with Gasteiger partial charge in [0.25, 0.3) is 5.91 Å².